The Morgan fingerprint density at radius 1 is 1.21 bits per heavy atom. The van der Waals surface area contributed by atoms with Crippen LogP contribution in [0.25, 0.3) is 0 Å². The molecule has 1 aliphatic heterocycles. The molecule has 2 aliphatic rings. The molecule has 0 radical (unpaired) electrons. The number of carbonyl (C=O) groups excluding carboxylic acids is 2. The number of nitrogens with zero attached hydrogens (tertiary/aromatic N) is 5. The van der Waals surface area contributed by atoms with Crippen LogP contribution in [0.15, 0.2) is 42.6 Å². The summed E-state index contributed by atoms with van der Waals surface area (Å²) in [6.07, 6.45) is 2.89. The molecular formula is C26H27N7O4S. The van der Waals surface area contributed by atoms with Crippen LogP contribution in [0, 0.1) is 18.3 Å². The zero-order valence-electron chi connectivity index (χ0n) is 21.1. The maximum absolute atomic E-state index is 13.4. The zero-order valence-corrected chi connectivity index (χ0v) is 21.9. The Morgan fingerprint density at radius 2 is 1.95 bits per heavy atom. The number of carbonyl (C=O) groups is 2. The fourth-order valence-corrected chi connectivity index (χ4v) is 6.40. The number of hydrogen-bond acceptors (Lipinski definition) is 7. The summed E-state index contributed by atoms with van der Waals surface area (Å²) in [6, 6.07) is 12.3. The van der Waals surface area contributed by atoms with Gasteiger partial charge in [0.25, 0.3) is 11.8 Å². The van der Waals surface area contributed by atoms with Crippen LogP contribution in [0.1, 0.15) is 56.2 Å². The average Bonchev–Trinajstić information content (AvgIpc) is 3.62. The lowest BCUT2D eigenvalue weighted by atomic mass is 10.0. The van der Waals surface area contributed by atoms with E-state index in [-0.39, 0.29) is 31.2 Å². The van der Waals surface area contributed by atoms with Crippen LogP contribution in [-0.4, -0.2) is 57.7 Å². The van der Waals surface area contributed by atoms with Crippen molar-refractivity contribution in [2.24, 2.45) is 7.05 Å². The number of rotatable bonds is 8. The summed E-state index contributed by atoms with van der Waals surface area (Å²) in [4.78, 5) is 32.1. The average molecular weight is 534 g/mol. The number of sulfonamides is 1. The molecule has 0 saturated heterocycles. The molecule has 0 spiro atoms. The first-order chi connectivity index (χ1) is 18.1. The summed E-state index contributed by atoms with van der Waals surface area (Å²) in [6.45, 7) is 2.33. The molecule has 5 rings (SSSR count). The molecule has 38 heavy (non-hydrogen) atoms. The Hall–Kier alpha value is -4.24. The molecule has 3 heterocycles. The molecule has 1 aliphatic carbocycles. The highest BCUT2D eigenvalue weighted by Crippen LogP contribution is 2.45. The van der Waals surface area contributed by atoms with E-state index in [1.807, 2.05) is 0 Å². The smallest absolute Gasteiger partial charge is 0.272 e. The van der Waals surface area contributed by atoms with Gasteiger partial charge in [-0.1, -0.05) is 12.1 Å². The van der Waals surface area contributed by atoms with Gasteiger partial charge in [-0.25, -0.2) is 8.42 Å². The van der Waals surface area contributed by atoms with Crippen molar-refractivity contribution in [1.29, 1.82) is 5.26 Å². The molecule has 2 amide bonds. The largest absolute Gasteiger partial charge is 0.347 e. The molecule has 11 nitrogen and oxygen atoms in total. The fourth-order valence-electron chi connectivity index (χ4n) is 4.71. The minimum atomic E-state index is -3.77. The number of nitrogens with one attached hydrogen (secondary N) is 2. The third-order valence-electron chi connectivity index (χ3n) is 7.13. The minimum absolute atomic E-state index is 0.0608. The number of hydrogen-bond donors (Lipinski definition) is 2. The summed E-state index contributed by atoms with van der Waals surface area (Å²) in [5.74, 6) is -0.740. The Bertz CT molecular complexity index is 1570. The van der Waals surface area contributed by atoms with Crippen molar-refractivity contribution in [2.75, 3.05) is 17.8 Å². The van der Waals surface area contributed by atoms with Gasteiger partial charge >= 0.3 is 0 Å². The van der Waals surface area contributed by atoms with Crippen molar-refractivity contribution in [3.63, 3.8) is 0 Å². The van der Waals surface area contributed by atoms with Crippen LogP contribution in [-0.2, 0) is 30.0 Å². The van der Waals surface area contributed by atoms with E-state index in [9.17, 15) is 18.0 Å². The van der Waals surface area contributed by atoms with E-state index in [0.29, 0.717) is 47.5 Å². The monoisotopic (exact) mass is 533 g/mol. The third kappa shape index (κ3) is 4.61. The maximum Gasteiger partial charge on any atom is 0.272 e. The van der Waals surface area contributed by atoms with Gasteiger partial charge in [0.15, 0.2) is 5.69 Å². The van der Waals surface area contributed by atoms with Gasteiger partial charge in [0.05, 0.1) is 23.0 Å². The van der Waals surface area contributed by atoms with E-state index in [4.69, 9.17) is 5.26 Å². The second-order valence-electron chi connectivity index (χ2n) is 9.69. The summed E-state index contributed by atoms with van der Waals surface area (Å²) in [5, 5.41) is 16.1. The SMILES string of the molecule is Cc1ncccc1NS(=O)(=O)C1(CN2CCc3c(C(=O)NCc4ccc(C#N)cc4)nn(C)c3C2=O)CC1. The van der Waals surface area contributed by atoms with Gasteiger partial charge in [0, 0.05) is 38.4 Å². The summed E-state index contributed by atoms with van der Waals surface area (Å²) >= 11 is 0. The zero-order chi connectivity index (χ0) is 27.1. The number of nitriles is 1. The Balaban J connectivity index is 1.29. The fraction of sp³-hybridized carbons (Fsp3) is 0.346. The molecule has 0 bridgehead atoms. The van der Waals surface area contributed by atoms with Crippen molar-refractivity contribution in [3.8, 4) is 6.07 Å². The lowest BCUT2D eigenvalue weighted by Gasteiger charge is -2.31. The van der Waals surface area contributed by atoms with Crippen LogP contribution in [0.2, 0.25) is 0 Å². The molecular weight excluding hydrogens is 506 g/mol. The number of pyridine rings is 1. The van der Waals surface area contributed by atoms with Crippen molar-refractivity contribution in [3.05, 3.63) is 76.4 Å². The molecule has 0 unspecified atom stereocenters. The lowest BCUT2D eigenvalue weighted by molar-refractivity contribution is 0.0724. The second kappa shape index (κ2) is 9.57. The summed E-state index contributed by atoms with van der Waals surface area (Å²) in [5.41, 5.74) is 3.40. The molecule has 1 aromatic carbocycles. The molecule has 1 saturated carbocycles. The standard InChI is InChI=1S/C26H27N7O4S/c1-17-21(4-3-12-28-17)31-38(36,37)26(10-11-26)16-33-13-9-20-22(30-32(2)23(20)25(33)35)24(34)29-15-19-7-5-18(14-27)6-8-19/h3-8,12,31H,9-11,13,15-16H2,1-2H3,(H,29,34). The van der Waals surface area contributed by atoms with E-state index in [1.165, 1.54) is 4.68 Å². The summed E-state index contributed by atoms with van der Waals surface area (Å²) in [7, 11) is -2.16. The Morgan fingerprint density at radius 3 is 2.61 bits per heavy atom. The number of benzene rings is 1. The molecule has 3 aromatic rings. The van der Waals surface area contributed by atoms with Crippen LogP contribution in [0.3, 0.4) is 0 Å². The normalized spacial score (nSPS) is 15.9. The molecule has 0 atom stereocenters. The number of amides is 2. The van der Waals surface area contributed by atoms with Gasteiger partial charge in [-0.3, -0.25) is 24.0 Å². The van der Waals surface area contributed by atoms with Gasteiger partial charge in [-0.05, 0) is 56.0 Å². The Labute approximate surface area is 220 Å². The van der Waals surface area contributed by atoms with Gasteiger partial charge in [0.2, 0.25) is 10.0 Å². The van der Waals surface area contributed by atoms with Gasteiger partial charge in [-0.15, -0.1) is 0 Å². The highest BCUT2D eigenvalue weighted by atomic mass is 32.2. The molecule has 2 N–H and O–H groups in total. The van der Waals surface area contributed by atoms with E-state index in [2.05, 4.69) is 26.2 Å². The Kier molecular flexibility index (Phi) is 6.40. The van der Waals surface area contributed by atoms with E-state index < -0.39 is 20.7 Å². The maximum atomic E-state index is 13.4. The van der Waals surface area contributed by atoms with Crippen LogP contribution >= 0.6 is 0 Å². The molecule has 12 heteroatoms. The van der Waals surface area contributed by atoms with Crippen LogP contribution < -0.4 is 10.0 Å². The number of anilines is 1. The van der Waals surface area contributed by atoms with E-state index >= 15 is 0 Å². The first kappa shape index (κ1) is 25.4. The van der Waals surface area contributed by atoms with Crippen LogP contribution in [0.5, 0.6) is 0 Å². The first-order valence-electron chi connectivity index (χ1n) is 12.2. The van der Waals surface area contributed by atoms with Gasteiger partial charge in [-0.2, -0.15) is 10.4 Å². The summed E-state index contributed by atoms with van der Waals surface area (Å²) < 4.78 is 29.6. The lowest BCUT2D eigenvalue weighted by Crippen LogP contribution is -2.47. The highest BCUT2D eigenvalue weighted by molar-refractivity contribution is 7.94. The van der Waals surface area contributed by atoms with Crippen LogP contribution in [0.4, 0.5) is 5.69 Å². The van der Waals surface area contributed by atoms with Gasteiger partial charge in [0.1, 0.15) is 10.4 Å². The number of fused-ring (bicyclic) bond motifs is 1. The number of aromatic nitrogens is 3. The van der Waals surface area contributed by atoms with Gasteiger partial charge < -0.3 is 10.2 Å². The molecule has 196 valence electrons. The molecule has 2 aromatic heterocycles. The highest BCUT2D eigenvalue weighted by Gasteiger charge is 2.56. The first-order valence-corrected chi connectivity index (χ1v) is 13.7. The minimum Gasteiger partial charge on any atom is -0.347 e. The van der Waals surface area contributed by atoms with Crippen molar-refractivity contribution >= 4 is 27.5 Å². The number of aryl methyl sites for hydroxylation is 2. The van der Waals surface area contributed by atoms with Crippen molar-refractivity contribution in [2.45, 2.75) is 37.5 Å². The third-order valence-corrected chi connectivity index (χ3v) is 9.29. The predicted octanol–water partition coefficient (Wildman–Crippen LogP) is 1.90. The molecule has 1 fully saturated rings. The van der Waals surface area contributed by atoms with E-state index in [0.717, 1.165) is 5.56 Å². The predicted molar refractivity (Wildman–Crippen MR) is 139 cm³/mol. The topological polar surface area (TPSA) is 150 Å². The van der Waals surface area contributed by atoms with E-state index in [1.54, 1.807) is 61.5 Å². The second-order valence-corrected chi connectivity index (χ2v) is 11.8. The van der Waals surface area contributed by atoms with Crippen molar-refractivity contribution < 1.29 is 18.0 Å². The quantitative estimate of drug-likeness (QED) is 0.449. The van der Waals surface area contributed by atoms with Crippen molar-refractivity contribution in [1.82, 2.24) is 25.0 Å².